The lowest BCUT2D eigenvalue weighted by atomic mass is 10.1. The fraction of sp³-hybridized carbons (Fsp3) is 0.133. The molecule has 104 valence electrons. The highest BCUT2D eigenvalue weighted by molar-refractivity contribution is 9.10. The molecule has 2 aromatic carbocycles. The molecule has 2 rings (SSSR count). The van der Waals surface area contributed by atoms with Gasteiger partial charge in [-0.15, -0.1) is 0 Å². The summed E-state index contributed by atoms with van der Waals surface area (Å²) in [7, 11) is 0. The van der Waals surface area contributed by atoms with Crippen LogP contribution in [0, 0.1) is 13.8 Å². The minimum atomic E-state index is -0.205. The van der Waals surface area contributed by atoms with Crippen molar-refractivity contribution in [3.05, 3.63) is 56.0 Å². The first-order chi connectivity index (χ1) is 9.38. The van der Waals surface area contributed by atoms with E-state index in [0.29, 0.717) is 11.3 Å². The van der Waals surface area contributed by atoms with Gasteiger partial charge in [-0.1, -0.05) is 31.9 Å². The number of carbonyl (C=O) groups excluding carboxylic acids is 1. The molecule has 0 radical (unpaired) electrons. The second-order valence-electron chi connectivity index (χ2n) is 4.60. The molecule has 0 heterocycles. The Hall–Kier alpha value is -1.33. The summed E-state index contributed by atoms with van der Waals surface area (Å²) >= 11 is 6.77. The van der Waals surface area contributed by atoms with E-state index in [-0.39, 0.29) is 5.91 Å². The van der Waals surface area contributed by atoms with Gasteiger partial charge in [-0.3, -0.25) is 4.79 Å². The number of benzene rings is 2. The van der Waals surface area contributed by atoms with Crippen LogP contribution >= 0.6 is 31.9 Å². The van der Waals surface area contributed by atoms with Gasteiger partial charge < -0.3 is 11.1 Å². The minimum Gasteiger partial charge on any atom is -0.398 e. The third-order valence-corrected chi connectivity index (χ3v) is 3.95. The molecule has 0 fully saturated rings. The topological polar surface area (TPSA) is 55.1 Å². The second-order valence-corrected chi connectivity index (χ2v) is 6.43. The number of nitrogens with two attached hydrogens (primary N) is 1. The van der Waals surface area contributed by atoms with Crippen molar-refractivity contribution in [2.24, 2.45) is 0 Å². The molecular weight excluding hydrogens is 384 g/mol. The number of anilines is 2. The van der Waals surface area contributed by atoms with Crippen molar-refractivity contribution >= 4 is 49.1 Å². The van der Waals surface area contributed by atoms with Crippen LogP contribution in [0.5, 0.6) is 0 Å². The van der Waals surface area contributed by atoms with E-state index in [4.69, 9.17) is 5.73 Å². The molecule has 0 aromatic heterocycles. The first kappa shape index (κ1) is 15.1. The normalized spacial score (nSPS) is 10.4. The van der Waals surface area contributed by atoms with Gasteiger partial charge in [-0.2, -0.15) is 0 Å². The molecule has 0 spiro atoms. The van der Waals surface area contributed by atoms with E-state index in [0.717, 1.165) is 25.8 Å². The van der Waals surface area contributed by atoms with Crippen LogP contribution in [-0.4, -0.2) is 5.91 Å². The first-order valence-electron chi connectivity index (χ1n) is 6.01. The highest BCUT2D eigenvalue weighted by Gasteiger charge is 2.13. The van der Waals surface area contributed by atoms with Gasteiger partial charge in [-0.05, 0) is 55.3 Å². The van der Waals surface area contributed by atoms with E-state index < -0.39 is 0 Å². The number of nitrogens with one attached hydrogen (secondary N) is 1. The largest absolute Gasteiger partial charge is 0.398 e. The Morgan fingerprint density at radius 2 is 1.65 bits per heavy atom. The number of hydrogen-bond acceptors (Lipinski definition) is 2. The van der Waals surface area contributed by atoms with E-state index in [1.54, 1.807) is 18.2 Å². The lowest BCUT2D eigenvalue weighted by Crippen LogP contribution is -2.15. The molecule has 0 unspecified atom stereocenters. The Morgan fingerprint density at radius 1 is 1.05 bits per heavy atom. The summed E-state index contributed by atoms with van der Waals surface area (Å²) in [6.07, 6.45) is 0. The van der Waals surface area contributed by atoms with E-state index in [1.165, 1.54) is 0 Å². The monoisotopic (exact) mass is 396 g/mol. The third kappa shape index (κ3) is 3.22. The Balaban J connectivity index is 2.33. The predicted molar refractivity (Wildman–Crippen MR) is 90.1 cm³/mol. The van der Waals surface area contributed by atoms with Gasteiger partial charge >= 0.3 is 0 Å². The zero-order valence-electron chi connectivity index (χ0n) is 11.1. The average Bonchev–Trinajstić information content (AvgIpc) is 2.33. The van der Waals surface area contributed by atoms with Crippen molar-refractivity contribution < 1.29 is 4.79 Å². The molecule has 2 aromatic rings. The van der Waals surface area contributed by atoms with Crippen molar-refractivity contribution in [2.75, 3.05) is 11.1 Å². The Kier molecular flexibility index (Phi) is 4.50. The number of amides is 1. The van der Waals surface area contributed by atoms with Gasteiger partial charge in [0.2, 0.25) is 0 Å². The molecule has 1 amide bonds. The summed E-state index contributed by atoms with van der Waals surface area (Å²) in [5.41, 5.74) is 9.62. The molecule has 0 aliphatic carbocycles. The quantitative estimate of drug-likeness (QED) is 0.723. The van der Waals surface area contributed by atoms with Crippen molar-refractivity contribution in [1.82, 2.24) is 0 Å². The van der Waals surface area contributed by atoms with Gasteiger partial charge in [0, 0.05) is 20.3 Å². The summed E-state index contributed by atoms with van der Waals surface area (Å²) in [4.78, 5) is 12.3. The molecule has 3 nitrogen and oxygen atoms in total. The van der Waals surface area contributed by atoms with Crippen LogP contribution in [0.1, 0.15) is 21.5 Å². The highest BCUT2D eigenvalue weighted by Crippen LogP contribution is 2.26. The Morgan fingerprint density at radius 3 is 2.20 bits per heavy atom. The van der Waals surface area contributed by atoms with Crippen LogP contribution in [-0.2, 0) is 0 Å². The van der Waals surface area contributed by atoms with Crippen molar-refractivity contribution in [1.29, 1.82) is 0 Å². The zero-order chi connectivity index (χ0) is 14.9. The van der Waals surface area contributed by atoms with Gasteiger partial charge in [0.1, 0.15) is 0 Å². The predicted octanol–water partition coefficient (Wildman–Crippen LogP) is 4.66. The lowest BCUT2D eigenvalue weighted by molar-refractivity contribution is 0.102. The maximum Gasteiger partial charge on any atom is 0.257 e. The van der Waals surface area contributed by atoms with E-state index in [2.05, 4.69) is 37.2 Å². The first-order valence-corrected chi connectivity index (χ1v) is 7.60. The molecule has 0 aliphatic rings. The molecule has 0 bridgehead atoms. The molecule has 0 saturated carbocycles. The third-order valence-electron chi connectivity index (χ3n) is 2.99. The Labute approximate surface area is 134 Å². The molecule has 0 aliphatic heterocycles. The molecule has 0 saturated heterocycles. The highest BCUT2D eigenvalue weighted by atomic mass is 79.9. The summed E-state index contributed by atoms with van der Waals surface area (Å²) in [5, 5.41) is 2.93. The van der Waals surface area contributed by atoms with E-state index >= 15 is 0 Å². The van der Waals surface area contributed by atoms with E-state index in [1.807, 2.05) is 26.0 Å². The summed E-state index contributed by atoms with van der Waals surface area (Å²) in [6, 6.07) is 9.15. The number of aryl methyl sites for hydroxylation is 2. The molecule has 20 heavy (non-hydrogen) atoms. The summed E-state index contributed by atoms with van der Waals surface area (Å²) in [6.45, 7) is 3.91. The number of halogens is 2. The van der Waals surface area contributed by atoms with E-state index in [9.17, 15) is 4.79 Å². The summed E-state index contributed by atoms with van der Waals surface area (Å²) < 4.78 is 1.84. The molecule has 3 N–H and O–H groups in total. The van der Waals surface area contributed by atoms with Gasteiger partial charge in [-0.25, -0.2) is 0 Å². The zero-order valence-corrected chi connectivity index (χ0v) is 14.3. The van der Waals surface area contributed by atoms with Crippen LogP contribution in [0.15, 0.2) is 39.3 Å². The fourth-order valence-corrected chi connectivity index (χ4v) is 3.09. The molecule has 0 atom stereocenters. The van der Waals surface area contributed by atoms with Gasteiger partial charge in [0.25, 0.3) is 5.91 Å². The fourth-order valence-electron chi connectivity index (χ4n) is 2.03. The van der Waals surface area contributed by atoms with Crippen LogP contribution in [0.4, 0.5) is 11.4 Å². The van der Waals surface area contributed by atoms with Crippen LogP contribution in [0.3, 0.4) is 0 Å². The minimum absolute atomic E-state index is 0.205. The average molecular weight is 398 g/mol. The van der Waals surface area contributed by atoms with Gasteiger partial charge in [0.15, 0.2) is 0 Å². The maximum atomic E-state index is 12.3. The van der Waals surface area contributed by atoms with Crippen molar-refractivity contribution in [2.45, 2.75) is 13.8 Å². The van der Waals surface area contributed by atoms with Crippen LogP contribution in [0.25, 0.3) is 0 Å². The maximum absolute atomic E-state index is 12.3. The molecular formula is C15H14Br2N2O. The Bertz CT molecular complexity index is 661. The lowest BCUT2D eigenvalue weighted by Gasteiger charge is -2.13. The number of hydrogen-bond donors (Lipinski definition) is 2. The standard InChI is InChI=1S/C15H14Br2N2O/c1-8-5-11(17)6-9(2)14(8)19-15(20)12-4-3-10(16)7-13(12)18/h3-7H,18H2,1-2H3,(H,19,20). The van der Waals surface area contributed by atoms with Crippen molar-refractivity contribution in [3.63, 3.8) is 0 Å². The molecule has 5 heteroatoms. The van der Waals surface area contributed by atoms with Gasteiger partial charge in [0.05, 0.1) is 5.56 Å². The summed E-state index contributed by atoms with van der Waals surface area (Å²) in [5.74, 6) is -0.205. The number of rotatable bonds is 2. The van der Waals surface area contributed by atoms with Crippen molar-refractivity contribution in [3.8, 4) is 0 Å². The second kappa shape index (κ2) is 5.97. The number of carbonyl (C=O) groups is 1. The smallest absolute Gasteiger partial charge is 0.257 e. The van der Waals surface area contributed by atoms with Crippen LogP contribution < -0.4 is 11.1 Å². The number of nitrogen functional groups attached to an aromatic ring is 1. The van der Waals surface area contributed by atoms with Crippen LogP contribution in [0.2, 0.25) is 0 Å². The SMILES string of the molecule is Cc1cc(Br)cc(C)c1NC(=O)c1ccc(Br)cc1N.